The van der Waals surface area contributed by atoms with Crippen LogP contribution in [0.4, 0.5) is 0 Å². The van der Waals surface area contributed by atoms with Crippen LogP contribution in [0.1, 0.15) is 200 Å². The predicted molar refractivity (Wildman–Crippen MR) is 277 cm³/mol. The van der Waals surface area contributed by atoms with Crippen LogP contribution in [0.2, 0.25) is 0 Å². The SMILES string of the molecule is C.C.C.C.C.C.CC(C)(C)N1C2CCC1COC2.CC(C)(C)N1CC2CC1CO2.CC(C)(C)N1CC2CC1CO2.CC(C)(C)N1CC2CCC(C1)O2.CC(C)(C)N1CC2CCC1CO2. The molecule has 0 amide bonds. The van der Waals surface area contributed by atoms with E-state index in [-0.39, 0.29) is 44.6 Å². The van der Waals surface area contributed by atoms with E-state index in [1.54, 1.807) is 0 Å². The molecule has 10 atom stereocenters. The molecule has 11 fully saturated rings. The summed E-state index contributed by atoms with van der Waals surface area (Å²) < 4.78 is 28.1. The van der Waals surface area contributed by atoms with Crippen molar-refractivity contribution in [2.24, 2.45) is 0 Å². The third-order valence-electron chi connectivity index (χ3n) is 14.6. The number of rotatable bonds is 0. The minimum absolute atomic E-state index is 0. The normalized spacial score (nSPS) is 34.2. The fraction of sp³-hybridized carbons (Fsp3) is 1.00. The van der Waals surface area contributed by atoms with E-state index in [2.05, 4.69) is 128 Å². The van der Waals surface area contributed by atoms with Gasteiger partial charge < -0.3 is 23.7 Å². The van der Waals surface area contributed by atoms with Crippen molar-refractivity contribution >= 4 is 0 Å². The molecule has 386 valence electrons. The maximum absolute atomic E-state index is 5.78. The van der Waals surface area contributed by atoms with Crippen LogP contribution in [-0.2, 0) is 23.7 Å². The summed E-state index contributed by atoms with van der Waals surface area (Å²) in [5, 5.41) is 0. The highest BCUT2D eigenvalue weighted by Crippen LogP contribution is 2.37. The molecule has 0 spiro atoms. The first-order valence-electron chi connectivity index (χ1n) is 23.8. The Morgan fingerprint density at radius 2 is 0.672 bits per heavy atom. The van der Waals surface area contributed by atoms with Crippen LogP contribution in [0.15, 0.2) is 0 Å². The molecule has 0 aromatic carbocycles. The molecule has 0 radical (unpaired) electrons. The minimum Gasteiger partial charge on any atom is -0.378 e. The second-order valence-electron chi connectivity index (χ2n) is 24.4. The van der Waals surface area contributed by atoms with Gasteiger partial charge >= 0.3 is 0 Å². The van der Waals surface area contributed by atoms with Gasteiger partial charge in [0.05, 0.1) is 63.6 Å². The summed E-state index contributed by atoms with van der Waals surface area (Å²) in [4.78, 5) is 12.9. The van der Waals surface area contributed by atoms with Crippen LogP contribution in [0, 0.1) is 0 Å². The monoisotopic (exact) mass is 914 g/mol. The molecule has 11 aliphatic heterocycles. The van der Waals surface area contributed by atoms with Crippen molar-refractivity contribution in [1.29, 1.82) is 0 Å². The summed E-state index contributed by atoms with van der Waals surface area (Å²) in [6.45, 7) is 44.9. The zero-order valence-corrected chi connectivity index (χ0v) is 40.3. The van der Waals surface area contributed by atoms with Gasteiger partial charge in [0.1, 0.15) is 0 Å². The highest BCUT2D eigenvalue weighted by molar-refractivity contribution is 4.99. The van der Waals surface area contributed by atoms with Gasteiger partial charge in [-0.05, 0) is 155 Å². The van der Waals surface area contributed by atoms with E-state index >= 15 is 0 Å². The fourth-order valence-corrected chi connectivity index (χ4v) is 11.7. The van der Waals surface area contributed by atoms with Gasteiger partial charge in [-0.1, -0.05) is 44.6 Å². The molecular formula is C54H115N5O5. The maximum Gasteiger partial charge on any atom is 0.0718 e. The van der Waals surface area contributed by atoms with Gasteiger partial charge in [0.25, 0.3) is 0 Å². The standard InChI is InChI=1S/3C10H19NO.2C9H17NO.6CH4/c1-10(2,3)11-6-9-5-4-8(11)7-12-9;1-10(2,3)11-8-4-5-9(11)7-12-6-8;1-10(2,3)11-6-8-4-5-9(7-11)12-8;2*1-9(2,3)10-5-8-4-7(10)6-11-8;;;;;;/h3*8-9H,4-7H2,1-3H3;2*7-8H,4-6H2,1-3H3;6*1H4. The van der Waals surface area contributed by atoms with Gasteiger partial charge in [0.2, 0.25) is 0 Å². The van der Waals surface area contributed by atoms with E-state index < -0.39 is 0 Å². The van der Waals surface area contributed by atoms with E-state index in [0.717, 1.165) is 65.8 Å². The molecule has 0 aromatic rings. The van der Waals surface area contributed by atoms with Crippen molar-refractivity contribution in [2.75, 3.05) is 65.8 Å². The van der Waals surface area contributed by atoms with Gasteiger partial charge in [-0.2, -0.15) is 0 Å². The summed E-state index contributed by atoms with van der Waals surface area (Å²) in [7, 11) is 0. The molecule has 10 unspecified atom stereocenters. The molecule has 11 saturated heterocycles. The van der Waals surface area contributed by atoms with E-state index in [0.29, 0.717) is 88.4 Å². The number of piperidine rings is 1. The Kier molecular flexibility index (Phi) is 24.8. The highest BCUT2D eigenvalue weighted by atomic mass is 16.5. The van der Waals surface area contributed by atoms with Gasteiger partial charge in [-0.25, -0.2) is 0 Å². The topological polar surface area (TPSA) is 62.3 Å². The van der Waals surface area contributed by atoms with E-state index in [1.165, 1.54) is 51.4 Å². The van der Waals surface area contributed by atoms with Gasteiger partial charge in [0, 0.05) is 90.6 Å². The van der Waals surface area contributed by atoms with Crippen molar-refractivity contribution in [2.45, 2.75) is 288 Å². The van der Waals surface area contributed by atoms with Crippen molar-refractivity contribution in [1.82, 2.24) is 24.5 Å². The number of morpholine rings is 5. The number of ether oxygens (including phenoxy) is 5. The molecule has 11 rings (SSSR count). The minimum atomic E-state index is 0. The second kappa shape index (κ2) is 24.9. The van der Waals surface area contributed by atoms with Crippen LogP contribution >= 0.6 is 0 Å². The molecule has 10 nitrogen and oxygen atoms in total. The largest absolute Gasteiger partial charge is 0.378 e. The van der Waals surface area contributed by atoms with Crippen molar-refractivity contribution in [3.8, 4) is 0 Å². The van der Waals surface area contributed by atoms with Crippen molar-refractivity contribution in [3.05, 3.63) is 0 Å². The average molecular weight is 915 g/mol. The number of hydrogen-bond acceptors (Lipinski definition) is 10. The maximum atomic E-state index is 5.78. The second-order valence-corrected chi connectivity index (χ2v) is 24.4. The summed E-state index contributed by atoms with van der Waals surface area (Å²) >= 11 is 0. The van der Waals surface area contributed by atoms with E-state index in [9.17, 15) is 0 Å². The molecule has 11 heterocycles. The number of likely N-dealkylation sites (tertiary alicyclic amines) is 3. The van der Waals surface area contributed by atoms with E-state index in [4.69, 9.17) is 23.7 Å². The molecular weight excluding hydrogens is 799 g/mol. The van der Waals surface area contributed by atoms with Gasteiger partial charge in [0.15, 0.2) is 0 Å². The Morgan fingerprint density at radius 3 is 0.906 bits per heavy atom. The summed E-state index contributed by atoms with van der Waals surface area (Å²) in [5.41, 5.74) is 1.65. The molecule has 64 heavy (non-hydrogen) atoms. The number of nitrogens with zero attached hydrogens (tertiary/aromatic N) is 5. The zero-order valence-electron chi connectivity index (χ0n) is 40.3. The summed E-state index contributed by atoms with van der Waals surface area (Å²) in [5.74, 6) is 0. The quantitative estimate of drug-likeness (QED) is 0.235. The van der Waals surface area contributed by atoms with Crippen LogP contribution in [0.5, 0.6) is 0 Å². The fourth-order valence-electron chi connectivity index (χ4n) is 11.7. The molecule has 10 bridgehead atoms. The Hall–Kier alpha value is -0.400. The van der Waals surface area contributed by atoms with Crippen molar-refractivity contribution < 1.29 is 23.7 Å². The van der Waals surface area contributed by atoms with Crippen molar-refractivity contribution in [3.63, 3.8) is 0 Å². The zero-order chi connectivity index (χ0) is 42.4. The predicted octanol–water partition coefficient (Wildman–Crippen LogP) is 11.3. The Labute approximate surface area is 400 Å². The lowest BCUT2D eigenvalue weighted by atomic mass is 9.91. The Balaban J connectivity index is 0.000000758. The third kappa shape index (κ3) is 16.4. The molecule has 0 aliphatic carbocycles. The smallest absolute Gasteiger partial charge is 0.0718 e. The molecule has 10 heteroatoms. The highest BCUT2D eigenvalue weighted by Gasteiger charge is 2.46. The molecule has 0 N–H and O–H groups in total. The first-order valence-corrected chi connectivity index (χ1v) is 23.8. The lowest BCUT2D eigenvalue weighted by molar-refractivity contribution is -0.133. The van der Waals surface area contributed by atoms with Gasteiger partial charge in [-0.15, -0.1) is 0 Å². The van der Waals surface area contributed by atoms with Gasteiger partial charge in [-0.3, -0.25) is 24.5 Å². The van der Waals surface area contributed by atoms with Crippen LogP contribution < -0.4 is 0 Å². The summed E-state index contributed by atoms with van der Waals surface area (Å²) in [6, 6.07) is 3.50. The van der Waals surface area contributed by atoms with Crippen LogP contribution in [0.25, 0.3) is 0 Å². The lowest BCUT2D eigenvalue weighted by Gasteiger charge is -2.51. The summed E-state index contributed by atoms with van der Waals surface area (Å²) in [6.07, 6.45) is 13.0. The number of fused-ring (bicyclic) bond motifs is 11. The Bertz CT molecular complexity index is 1220. The number of hydrogen-bond donors (Lipinski definition) is 0. The van der Waals surface area contributed by atoms with E-state index in [1.807, 2.05) is 0 Å². The average Bonchev–Trinajstić information content (AvgIpc) is 4.01. The molecule has 0 aromatic heterocycles. The first kappa shape index (κ1) is 63.6. The lowest BCUT2D eigenvalue weighted by Crippen LogP contribution is -2.60. The molecule has 11 aliphatic rings. The third-order valence-corrected chi connectivity index (χ3v) is 14.6. The molecule has 0 saturated carbocycles. The van der Waals surface area contributed by atoms with Crippen LogP contribution in [0.3, 0.4) is 0 Å². The first-order chi connectivity index (χ1) is 26.9. The van der Waals surface area contributed by atoms with Crippen LogP contribution in [-0.4, -0.2) is 179 Å². The Morgan fingerprint density at radius 1 is 0.328 bits per heavy atom.